The number of nitrogens with one attached hydrogen (secondary N) is 1. The van der Waals surface area contributed by atoms with E-state index in [1.54, 1.807) is 32.3 Å². The summed E-state index contributed by atoms with van der Waals surface area (Å²) < 4.78 is 26.4. The molecule has 0 fully saturated rings. The third-order valence-corrected chi connectivity index (χ3v) is 5.94. The zero-order valence-electron chi connectivity index (χ0n) is 22.1. The van der Waals surface area contributed by atoms with Crippen LogP contribution in [0.5, 0.6) is 5.88 Å². The van der Waals surface area contributed by atoms with E-state index in [4.69, 9.17) is 9.47 Å². The van der Waals surface area contributed by atoms with Crippen molar-refractivity contribution in [1.82, 2.24) is 15.3 Å². The number of esters is 1. The van der Waals surface area contributed by atoms with E-state index in [1.807, 2.05) is 58.0 Å². The topological polar surface area (TPSA) is 85.7 Å². The van der Waals surface area contributed by atoms with Gasteiger partial charge < -0.3 is 14.8 Å². The average Bonchev–Trinajstić information content (AvgIpc) is 3.32. The van der Waals surface area contributed by atoms with Gasteiger partial charge >= 0.3 is 5.97 Å². The predicted molar refractivity (Wildman–Crippen MR) is 141 cm³/mol. The normalized spacial score (nSPS) is 15.6. The van der Waals surface area contributed by atoms with Gasteiger partial charge in [0.25, 0.3) is 0 Å². The number of nitrogens with zero attached hydrogens (tertiary/aromatic N) is 3. The molecule has 1 aliphatic rings. The summed E-state index contributed by atoms with van der Waals surface area (Å²) in [5, 5.41) is 3.27. The number of aliphatic imine (C=N–C) groups is 1. The van der Waals surface area contributed by atoms with Crippen molar-refractivity contribution in [3.8, 4) is 17.0 Å². The number of aryl methyl sites for hydroxylation is 1. The number of carbonyl (C=O) groups is 1. The Labute approximate surface area is 217 Å². The van der Waals surface area contributed by atoms with Gasteiger partial charge in [-0.3, -0.25) is 9.79 Å². The van der Waals surface area contributed by atoms with E-state index < -0.39 is 16.8 Å². The van der Waals surface area contributed by atoms with E-state index in [1.165, 1.54) is 6.07 Å². The van der Waals surface area contributed by atoms with Crippen molar-refractivity contribution >= 4 is 11.8 Å². The second-order valence-corrected chi connectivity index (χ2v) is 10.9. The molecule has 0 radical (unpaired) electrons. The van der Waals surface area contributed by atoms with Crippen LogP contribution in [0.25, 0.3) is 11.1 Å². The number of hydrogen-bond donors (Lipinski definition) is 1. The summed E-state index contributed by atoms with van der Waals surface area (Å²) in [6.45, 7) is 11.5. The van der Waals surface area contributed by atoms with Gasteiger partial charge in [-0.1, -0.05) is 30.3 Å². The number of rotatable bonds is 7. The molecule has 4 rings (SSSR count). The standard InChI is InChI=1S/C29H33FN4O3/c1-18-12-24(36-17-29(5,6)27(35)37-28(2,3)4)31-15-21(18)20-13-22(30)25(32-14-20)26-33-16-23(34-26)19-10-8-7-9-11-19/h7-15,23H,16-17H2,1-6H3,(H,33,34). The smallest absolute Gasteiger partial charge is 0.315 e. The molecule has 194 valence electrons. The van der Waals surface area contributed by atoms with Crippen molar-refractivity contribution in [2.75, 3.05) is 13.2 Å². The van der Waals surface area contributed by atoms with Gasteiger partial charge in [0.05, 0.1) is 18.0 Å². The van der Waals surface area contributed by atoms with Gasteiger partial charge in [0, 0.05) is 29.6 Å². The maximum atomic E-state index is 15.1. The van der Waals surface area contributed by atoms with E-state index in [2.05, 4.69) is 20.3 Å². The second-order valence-electron chi connectivity index (χ2n) is 10.9. The number of ether oxygens (including phenoxy) is 2. The van der Waals surface area contributed by atoms with Crippen LogP contribution < -0.4 is 10.1 Å². The Kier molecular flexibility index (Phi) is 7.30. The van der Waals surface area contributed by atoms with Crippen molar-refractivity contribution in [2.24, 2.45) is 10.4 Å². The van der Waals surface area contributed by atoms with Crippen molar-refractivity contribution in [2.45, 2.75) is 53.2 Å². The van der Waals surface area contributed by atoms with Crippen molar-refractivity contribution < 1.29 is 18.7 Å². The molecule has 0 bridgehead atoms. The number of benzene rings is 1. The van der Waals surface area contributed by atoms with E-state index >= 15 is 4.39 Å². The SMILES string of the molecule is Cc1cc(OCC(C)(C)C(=O)OC(C)(C)C)ncc1-c1cnc(C2=NCC(c3ccccc3)N2)c(F)c1. The Bertz CT molecular complexity index is 1320. The lowest BCUT2D eigenvalue weighted by molar-refractivity contribution is -0.167. The molecule has 1 N–H and O–H groups in total. The number of aromatic nitrogens is 2. The Hall–Kier alpha value is -3.81. The minimum atomic E-state index is -0.846. The molecule has 3 aromatic rings. The highest BCUT2D eigenvalue weighted by molar-refractivity contribution is 5.99. The quantitative estimate of drug-likeness (QED) is 0.432. The van der Waals surface area contributed by atoms with Gasteiger partial charge in [-0.25, -0.2) is 14.4 Å². The maximum absolute atomic E-state index is 15.1. The first-order chi connectivity index (χ1) is 17.4. The molecule has 0 saturated carbocycles. The van der Waals surface area contributed by atoms with Gasteiger partial charge in [-0.05, 0) is 58.7 Å². The van der Waals surface area contributed by atoms with Crippen LogP contribution in [0, 0.1) is 18.2 Å². The lowest BCUT2D eigenvalue weighted by atomic mass is 9.94. The van der Waals surface area contributed by atoms with Crippen LogP contribution in [-0.2, 0) is 9.53 Å². The predicted octanol–water partition coefficient (Wildman–Crippen LogP) is 5.43. The Morgan fingerprint density at radius 1 is 1.08 bits per heavy atom. The second kappa shape index (κ2) is 10.3. The maximum Gasteiger partial charge on any atom is 0.315 e. The molecule has 1 aromatic carbocycles. The Morgan fingerprint density at radius 2 is 1.81 bits per heavy atom. The van der Waals surface area contributed by atoms with E-state index in [0.29, 0.717) is 23.8 Å². The average molecular weight is 505 g/mol. The van der Waals surface area contributed by atoms with Crippen LogP contribution in [0.2, 0.25) is 0 Å². The highest BCUT2D eigenvalue weighted by atomic mass is 19.1. The molecule has 1 aliphatic heterocycles. The third kappa shape index (κ3) is 6.31. The summed E-state index contributed by atoms with van der Waals surface area (Å²) in [6.07, 6.45) is 3.24. The van der Waals surface area contributed by atoms with Crippen molar-refractivity contribution in [3.63, 3.8) is 0 Å². The molecule has 37 heavy (non-hydrogen) atoms. The molecule has 0 saturated heterocycles. The highest BCUT2D eigenvalue weighted by Gasteiger charge is 2.33. The highest BCUT2D eigenvalue weighted by Crippen LogP contribution is 2.28. The Balaban J connectivity index is 1.43. The molecule has 1 atom stereocenters. The zero-order valence-corrected chi connectivity index (χ0v) is 22.1. The van der Waals surface area contributed by atoms with Gasteiger partial charge in [0.1, 0.15) is 17.9 Å². The fourth-order valence-corrected chi connectivity index (χ4v) is 3.86. The van der Waals surface area contributed by atoms with Crippen molar-refractivity contribution in [1.29, 1.82) is 0 Å². The van der Waals surface area contributed by atoms with E-state index in [9.17, 15) is 4.79 Å². The first-order valence-electron chi connectivity index (χ1n) is 12.3. The van der Waals surface area contributed by atoms with E-state index in [0.717, 1.165) is 16.7 Å². The summed E-state index contributed by atoms with van der Waals surface area (Å²) in [7, 11) is 0. The molecule has 0 aliphatic carbocycles. The minimum Gasteiger partial charge on any atom is -0.476 e. The number of amidine groups is 1. The lowest BCUT2D eigenvalue weighted by Gasteiger charge is -2.28. The number of halogens is 1. The van der Waals surface area contributed by atoms with Crippen LogP contribution >= 0.6 is 0 Å². The van der Waals surface area contributed by atoms with Crippen LogP contribution in [-0.4, -0.2) is 40.5 Å². The van der Waals surface area contributed by atoms with E-state index in [-0.39, 0.29) is 24.3 Å². The van der Waals surface area contributed by atoms with Crippen LogP contribution in [0.15, 0.2) is 59.9 Å². The van der Waals surface area contributed by atoms with Gasteiger partial charge in [0.15, 0.2) is 11.7 Å². The monoisotopic (exact) mass is 504 g/mol. The molecule has 0 spiro atoms. The van der Waals surface area contributed by atoms with Crippen molar-refractivity contribution in [3.05, 3.63) is 77.5 Å². The molecular weight excluding hydrogens is 471 g/mol. The first-order valence-corrected chi connectivity index (χ1v) is 12.3. The number of pyridine rings is 2. The fourth-order valence-electron chi connectivity index (χ4n) is 3.86. The fraction of sp³-hybridized carbons (Fsp3) is 0.379. The van der Waals surface area contributed by atoms with Crippen LogP contribution in [0.1, 0.15) is 57.5 Å². The molecule has 3 heterocycles. The lowest BCUT2D eigenvalue weighted by Crippen LogP contribution is -2.37. The summed E-state index contributed by atoms with van der Waals surface area (Å²) in [4.78, 5) is 25.7. The van der Waals surface area contributed by atoms with Gasteiger partial charge in [-0.15, -0.1) is 0 Å². The number of carbonyl (C=O) groups excluding carboxylic acids is 1. The third-order valence-electron chi connectivity index (χ3n) is 5.94. The molecular formula is C29H33FN4O3. The summed E-state index contributed by atoms with van der Waals surface area (Å²) in [5.41, 5.74) is 2.04. The zero-order chi connectivity index (χ0) is 26.8. The molecule has 2 aromatic heterocycles. The minimum absolute atomic E-state index is 0.00337. The molecule has 0 amide bonds. The summed E-state index contributed by atoms with van der Waals surface area (Å²) >= 11 is 0. The molecule has 8 heteroatoms. The number of hydrogen-bond acceptors (Lipinski definition) is 7. The molecule has 1 unspecified atom stereocenters. The Morgan fingerprint density at radius 3 is 2.46 bits per heavy atom. The summed E-state index contributed by atoms with van der Waals surface area (Å²) in [5.74, 6) is 0.0197. The van der Waals surface area contributed by atoms with Gasteiger partial charge in [-0.2, -0.15) is 0 Å². The molecule has 7 nitrogen and oxygen atoms in total. The van der Waals surface area contributed by atoms with Crippen LogP contribution in [0.3, 0.4) is 0 Å². The largest absolute Gasteiger partial charge is 0.476 e. The van der Waals surface area contributed by atoms with Crippen LogP contribution in [0.4, 0.5) is 4.39 Å². The van der Waals surface area contributed by atoms with Gasteiger partial charge in [0.2, 0.25) is 5.88 Å². The summed E-state index contributed by atoms with van der Waals surface area (Å²) in [6, 6.07) is 13.1. The first kappa shape index (κ1) is 26.3.